The standard InChI is InChI=1S/C22H19N3O7/c1-3-6-30-18-5-4-14(10-19(18)29-2)9-15(13-23)22(26)24-16-11-20-21(32-8-7-31-20)12-17(16)25(27)28/h3-5,9-12H,1,6-8H2,2H3,(H,24,26)/b15-9+. The Bertz CT molecular complexity index is 1140. The first-order valence-corrected chi connectivity index (χ1v) is 9.39. The second kappa shape index (κ2) is 9.99. The van der Waals surface area contributed by atoms with Crippen LogP contribution in [0.2, 0.25) is 0 Å². The highest BCUT2D eigenvalue weighted by Crippen LogP contribution is 2.39. The Morgan fingerprint density at radius 2 is 2.00 bits per heavy atom. The molecule has 0 spiro atoms. The van der Waals surface area contributed by atoms with Crippen molar-refractivity contribution in [3.8, 4) is 29.1 Å². The van der Waals surface area contributed by atoms with E-state index in [0.717, 1.165) is 0 Å². The van der Waals surface area contributed by atoms with Crippen molar-refractivity contribution < 1.29 is 28.7 Å². The summed E-state index contributed by atoms with van der Waals surface area (Å²) in [7, 11) is 1.46. The Morgan fingerprint density at radius 3 is 2.62 bits per heavy atom. The lowest BCUT2D eigenvalue weighted by molar-refractivity contribution is -0.384. The van der Waals surface area contributed by atoms with E-state index in [-0.39, 0.29) is 48.3 Å². The van der Waals surface area contributed by atoms with Crippen LogP contribution in [-0.2, 0) is 4.79 Å². The molecule has 0 aliphatic carbocycles. The van der Waals surface area contributed by atoms with Crippen LogP contribution in [0.15, 0.2) is 48.6 Å². The number of amides is 1. The molecule has 1 heterocycles. The summed E-state index contributed by atoms with van der Waals surface area (Å²) < 4.78 is 21.5. The van der Waals surface area contributed by atoms with E-state index in [1.807, 2.05) is 0 Å². The molecule has 0 saturated carbocycles. The molecule has 2 aromatic rings. The zero-order valence-corrected chi connectivity index (χ0v) is 17.1. The van der Waals surface area contributed by atoms with Gasteiger partial charge < -0.3 is 24.3 Å². The number of nitro benzene ring substituents is 1. The summed E-state index contributed by atoms with van der Waals surface area (Å²) in [5.74, 6) is 0.528. The fraction of sp³-hybridized carbons (Fsp3) is 0.182. The van der Waals surface area contributed by atoms with Crippen molar-refractivity contribution in [2.24, 2.45) is 0 Å². The van der Waals surface area contributed by atoms with Crippen LogP contribution in [0.3, 0.4) is 0 Å². The number of rotatable bonds is 8. The fourth-order valence-corrected chi connectivity index (χ4v) is 2.88. The number of hydrogen-bond donors (Lipinski definition) is 1. The molecule has 3 rings (SSSR count). The number of hydrogen-bond acceptors (Lipinski definition) is 8. The predicted molar refractivity (Wildman–Crippen MR) is 115 cm³/mol. The molecule has 0 saturated heterocycles. The zero-order valence-electron chi connectivity index (χ0n) is 17.1. The molecule has 1 amide bonds. The maximum Gasteiger partial charge on any atom is 0.296 e. The molecule has 0 unspecified atom stereocenters. The average molecular weight is 437 g/mol. The van der Waals surface area contributed by atoms with Gasteiger partial charge in [-0.2, -0.15) is 5.26 Å². The zero-order chi connectivity index (χ0) is 23.1. The maximum absolute atomic E-state index is 12.7. The van der Waals surface area contributed by atoms with E-state index in [4.69, 9.17) is 18.9 Å². The van der Waals surface area contributed by atoms with Gasteiger partial charge in [0.1, 0.15) is 37.2 Å². The number of carbonyl (C=O) groups excluding carboxylic acids is 1. The van der Waals surface area contributed by atoms with Gasteiger partial charge in [0.25, 0.3) is 11.6 Å². The monoisotopic (exact) mass is 437 g/mol. The number of nitrogens with one attached hydrogen (secondary N) is 1. The van der Waals surface area contributed by atoms with Crippen molar-refractivity contribution in [3.63, 3.8) is 0 Å². The molecule has 0 fully saturated rings. The molecule has 1 aliphatic rings. The van der Waals surface area contributed by atoms with Crippen molar-refractivity contribution in [1.29, 1.82) is 5.26 Å². The molecule has 1 N–H and O–H groups in total. The Labute approximate surface area is 183 Å². The molecule has 164 valence electrons. The number of anilines is 1. The van der Waals surface area contributed by atoms with Gasteiger partial charge in [0, 0.05) is 6.07 Å². The van der Waals surface area contributed by atoms with E-state index in [1.165, 1.54) is 25.3 Å². The van der Waals surface area contributed by atoms with Crippen LogP contribution in [0.4, 0.5) is 11.4 Å². The Balaban J connectivity index is 1.88. The molecular weight excluding hydrogens is 418 g/mol. The van der Waals surface area contributed by atoms with Crippen LogP contribution >= 0.6 is 0 Å². The molecule has 0 aromatic heterocycles. The molecule has 32 heavy (non-hydrogen) atoms. The first kappa shape index (κ1) is 22.2. The first-order chi connectivity index (χ1) is 15.5. The molecular formula is C22H19N3O7. The number of nitriles is 1. The third kappa shape index (κ3) is 4.96. The highest BCUT2D eigenvalue weighted by Gasteiger charge is 2.24. The third-order valence-corrected chi connectivity index (χ3v) is 4.33. The third-order valence-electron chi connectivity index (χ3n) is 4.33. The van der Waals surface area contributed by atoms with Crippen LogP contribution in [-0.4, -0.2) is 37.8 Å². The van der Waals surface area contributed by atoms with Gasteiger partial charge in [-0.3, -0.25) is 14.9 Å². The number of benzene rings is 2. The van der Waals surface area contributed by atoms with Crippen molar-refractivity contribution >= 4 is 23.4 Å². The molecule has 0 bridgehead atoms. The number of nitrogens with zero attached hydrogens (tertiary/aromatic N) is 2. The van der Waals surface area contributed by atoms with Crippen LogP contribution in [0.5, 0.6) is 23.0 Å². The van der Waals surface area contributed by atoms with Crippen LogP contribution < -0.4 is 24.3 Å². The van der Waals surface area contributed by atoms with E-state index in [9.17, 15) is 20.2 Å². The quantitative estimate of drug-likeness (QED) is 0.218. The number of ether oxygens (including phenoxy) is 4. The number of fused-ring (bicyclic) bond motifs is 1. The van der Waals surface area contributed by atoms with Crippen molar-refractivity contribution in [1.82, 2.24) is 0 Å². The summed E-state index contributed by atoms with van der Waals surface area (Å²) in [5, 5.41) is 23.3. The number of carbonyl (C=O) groups is 1. The summed E-state index contributed by atoms with van der Waals surface area (Å²) in [4.78, 5) is 23.5. The van der Waals surface area contributed by atoms with E-state index in [2.05, 4.69) is 11.9 Å². The second-order valence-electron chi connectivity index (χ2n) is 6.40. The highest BCUT2D eigenvalue weighted by atomic mass is 16.6. The summed E-state index contributed by atoms with van der Waals surface area (Å²) in [6.07, 6.45) is 2.92. The Hall–Kier alpha value is -4.52. The minimum absolute atomic E-state index is 0.115. The maximum atomic E-state index is 12.7. The summed E-state index contributed by atoms with van der Waals surface area (Å²) in [6, 6.07) is 9.14. The summed E-state index contributed by atoms with van der Waals surface area (Å²) in [5.41, 5.74) is -0.270. The fourth-order valence-electron chi connectivity index (χ4n) is 2.88. The van der Waals surface area contributed by atoms with Crippen LogP contribution in [0.1, 0.15) is 5.56 Å². The van der Waals surface area contributed by atoms with Crippen LogP contribution in [0, 0.1) is 21.4 Å². The predicted octanol–water partition coefficient (Wildman–Crippen LogP) is 3.49. The largest absolute Gasteiger partial charge is 0.493 e. The SMILES string of the molecule is C=CCOc1ccc(/C=C(\C#N)C(=O)Nc2cc3c(cc2[N+](=O)[O-])OCCO3)cc1OC. The van der Waals surface area contributed by atoms with Gasteiger partial charge in [0.2, 0.25) is 0 Å². The lowest BCUT2D eigenvalue weighted by Gasteiger charge is -2.19. The summed E-state index contributed by atoms with van der Waals surface area (Å²) in [6.45, 7) is 4.40. The van der Waals surface area contributed by atoms with Gasteiger partial charge in [-0.1, -0.05) is 18.7 Å². The number of methoxy groups -OCH3 is 1. The van der Waals surface area contributed by atoms with E-state index in [0.29, 0.717) is 17.1 Å². The van der Waals surface area contributed by atoms with E-state index in [1.54, 1.807) is 30.3 Å². The topological polar surface area (TPSA) is 133 Å². The van der Waals surface area contributed by atoms with Gasteiger partial charge in [-0.15, -0.1) is 0 Å². The molecule has 10 nitrogen and oxygen atoms in total. The Kier molecular flexibility index (Phi) is 6.92. The smallest absolute Gasteiger partial charge is 0.296 e. The molecule has 0 atom stereocenters. The minimum atomic E-state index is -0.821. The summed E-state index contributed by atoms with van der Waals surface area (Å²) >= 11 is 0. The average Bonchev–Trinajstić information content (AvgIpc) is 2.80. The molecule has 2 aromatic carbocycles. The van der Waals surface area contributed by atoms with Crippen molar-refractivity contribution in [2.75, 3.05) is 32.2 Å². The molecule has 1 aliphatic heterocycles. The number of nitro groups is 1. The molecule has 0 radical (unpaired) electrons. The van der Waals surface area contributed by atoms with Crippen LogP contribution in [0.25, 0.3) is 6.08 Å². The first-order valence-electron chi connectivity index (χ1n) is 9.39. The highest BCUT2D eigenvalue weighted by molar-refractivity contribution is 6.10. The van der Waals surface area contributed by atoms with Gasteiger partial charge >= 0.3 is 0 Å². The lowest BCUT2D eigenvalue weighted by Crippen LogP contribution is -2.18. The van der Waals surface area contributed by atoms with Gasteiger partial charge in [0.05, 0.1) is 18.1 Å². The second-order valence-corrected chi connectivity index (χ2v) is 6.40. The van der Waals surface area contributed by atoms with E-state index < -0.39 is 10.8 Å². The van der Waals surface area contributed by atoms with Crippen molar-refractivity contribution in [2.45, 2.75) is 0 Å². The normalized spacial score (nSPS) is 12.3. The van der Waals surface area contributed by atoms with E-state index >= 15 is 0 Å². The van der Waals surface area contributed by atoms with Gasteiger partial charge in [-0.05, 0) is 23.8 Å². The van der Waals surface area contributed by atoms with Gasteiger partial charge in [-0.25, -0.2) is 0 Å². The Morgan fingerprint density at radius 1 is 1.28 bits per heavy atom. The van der Waals surface area contributed by atoms with Crippen molar-refractivity contribution in [3.05, 3.63) is 64.2 Å². The molecule has 10 heteroatoms. The van der Waals surface area contributed by atoms with Gasteiger partial charge in [0.15, 0.2) is 23.0 Å². The minimum Gasteiger partial charge on any atom is -0.493 e. The lowest BCUT2D eigenvalue weighted by atomic mass is 10.1.